The number of rotatable bonds is 10. The Morgan fingerprint density at radius 3 is 2.61 bits per heavy atom. The van der Waals surface area contributed by atoms with Crippen LogP contribution in [0.25, 0.3) is 16.6 Å². The van der Waals surface area contributed by atoms with Gasteiger partial charge in [0.1, 0.15) is 17.6 Å². The molecular weight excluding hydrogens is 564 g/mol. The molecule has 5 rings (SSSR count). The Morgan fingerprint density at radius 1 is 1.20 bits per heavy atom. The number of amides is 2. The van der Waals surface area contributed by atoms with Crippen LogP contribution in [0.3, 0.4) is 0 Å². The molecule has 0 saturated carbocycles. The molecule has 228 valence electrons. The fourth-order valence-electron chi connectivity index (χ4n) is 5.56. The van der Waals surface area contributed by atoms with Crippen LogP contribution in [0, 0.1) is 11.3 Å². The minimum atomic E-state index is -1.44. The summed E-state index contributed by atoms with van der Waals surface area (Å²) < 4.78 is 12.3. The van der Waals surface area contributed by atoms with Gasteiger partial charge in [-0.05, 0) is 57.0 Å². The van der Waals surface area contributed by atoms with Gasteiger partial charge in [0, 0.05) is 54.3 Å². The Labute approximate surface area is 254 Å². The van der Waals surface area contributed by atoms with Crippen LogP contribution in [0.5, 0.6) is 5.75 Å². The molecule has 0 spiro atoms. The van der Waals surface area contributed by atoms with Crippen molar-refractivity contribution in [2.45, 2.75) is 50.9 Å². The van der Waals surface area contributed by atoms with E-state index in [0.29, 0.717) is 55.8 Å². The third-order valence-electron chi connectivity index (χ3n) is 7.70. The fourth-order valence-corrected chi connectivity index (χ4v) is 5.56. The second-order valence-electron chi connectivity index (χ2n) is 10.7. The number of nitriles is 1. The number of aliphatic hydroxyl groups is 1. The van der Waals surface area contributed by atoms with Crippen LogP contribution in [0.4, 0.5) is 10.6 Å². The molecule has 44 heavy (non-hydrogen) atoms. The van der Waals surface area contributed by atoms with E-state index in [1.54, 1.807) is 23.1 Å². The summed E-state index contributed by atoms with van der Waals surface area (Å²) in [6.45, 7) is 4.90. The zero-order chi connectivity index (χ0) is 31.3. The number of anilines is 1. The summed E-state index contributed by atoms with van der Waals surface area (Å²) in [6, 6.07) is 13.6. The highest BCUT2D eigenvalue weighted by Crippen LogP contribution is 2.33. The van der Waals surface area contributed by atoms with Crippen molar-refractivity contribution >= 4 is 23.3 Å². The van der Waals surface area contributed by atoms with E-state index in [1.165, 1.54) is 13.1 Å². The predicted molar refractivity (Wildman–Crippen MR) is 161 cm³/mol. The smallest absolute Gasteiger partial charge is 0.405 e. The molecule has 1 saturated heterocycles. The van der Waals surface area contributed by atoms with Crippen molar-refractivity contribution in [3.63, 3.8) is 0 Å². The summed E-state index contributed by atoms with van der Waals surface area (Å²) in [5.74, 6) is 0.771. The van der Waals surface area contributed by atoms with Crippen LogP contribution in [0.2, 0.25) is 0 Å². The lowest BCUT2D eigenvalue weighted by Gasteiger charge is -2.43. The van der Waals surface area contributed by atoms with E-state index in [4.69, 9.17) is 20.2 Å². The van der Waals surface area contributed by atoms with E-state index >= 15 is 0 Å². The Balaban J connectivity index is 1.37. The molecule has 13 heteroatoms. The van der Waals surface area contributed by atoms with Gasteiger partial charge in [0.2, 0.25) is 6.10 Å². The van der Waals surface area contributed by atoms with Crippen molar-refractivity contribution in [3.05, 3.63) is 72.4 Å². The van der Waals surface area contributed by atoms with Gasteiger partial charge in [0.05, 0.1) is 36.2 Å². The standard InChI is InChI=1S/C31H34N8O5/c1-3-43-24-14-25(27-22(16-32)18-36-39(27)19-24)21-7-8-26(35-17-21)38-12-9-31(10-13-38,15-23-6-4-5-11-34-23)37-29(41)28(20(2)40)44-30(33)42/h4-8,11,14,17-20,28,40H,3,9-10,12-13,15H2,1-2H3,(H2,33,42)(H,37,41). The molecule has 13 nitrogen and oxygen atoms in total. The summed E-state index contributed by atoms with van der Waals surface area (Å²) >= 11 is 0. The molecule has 0 radical (unpaired) electrons. The van der Waals surface area contributed by atoms with E-state index in [9.17, 15) is 20.0 Å². The number of carbonyl (C=O) groups excluding carboxylic acids is 2. The van der Waals surface area contributed by atoms with E-state index in [0.717, 1.165) is 22.6 Å². The number of piperidine rings is 1. The van der Waals surface area contributed by atoms with Crippen molar-refractivity contribution in [3.8, 4) is 22.9 Å². The maximum absolute atomic E-state index is 13.2. The van der Waals surface area contributed by atoms with Crippen molar-refractivity contribution < 1.29 is 24.2 Å². The number of nitrogens with zero attached hydrogens (tertiary/aromatic N) is 6. The highest BCUT2D eigenvalue weighted by molar-refractivity contribution is 5.85. The molecule has 2 unspecified atom stereocenters. The van der Waals surface area contributed by atoms with Crippen LogP contribution < -0.4 is 20.7 Å². The molecule has 2 atom stereocenters. The van der Waals surface area contributed by atoms with Crippen molar-refractivity contribution in [2.24, 2.45) is 5.73 Å². The number of carbonyl (C=O) groups is 2. The summed E-state index contributed by atoms with van der Waals surface area (Å²) in [6.07, 6.45) is 4.44. The third kappa shape index (κ3) is 6.55. The molecule has 0 bridgehead atoms. The van der Waals surface area contributed by atoms with Gasteiger partial charge in [-0.25, -0.2) is 14.3 Å². The zero-order valence-electron chi connectivity index (χ0n) is 24.5. The first-order valence-electron chi connectivity index (χ1n) is 14.3. The van der Waals surface area contributed by atoms with Crippen LogP contribution in [0.1, 0.15) is 37.9 Å². The second-order valence-corrected chi connectivity index (χ2v) is 10.7. The largest absolute Gasteiger partial charge is 0.492 e. The van der Waals surface area contributed by atoms with Crippen LogP contribution >= 0.6 is 0 Å². The number of ether oxygens (including phenoxy) is 2. The van der Waals surface area contributed by atoms with Gasteiger partial charge in [-0.15, -0.1) is 0 Å². The molecule has 1 aliphatic heterocycles. The molecule has 5 heterocycles. The number of hydrogen-bond acceptors (Lipinski definition) is 10. The normalized spacial score (nSPS) is 15.6. The highest BCUT2D eigenvalue weighted by atomic mass is 16.6. The molecule has 0 aliphatic carbocycles. The maximum atomic E-state index is 13.2. The van der Waals surface area contributed by atoms with Crippen molar-refractivity contribution in [1.82, 2.24) is 24.9 Å². The molecular formula is C31H34N8O5. The number of nitrogens with one attached hydrogen (secondary N) is 1. The first-order valence-corrected chi connectivity index (χ1v) is 14.3. The van der Waals surface area contributed by atoms with E-state index in [2.05, 4.69) is 26.4 Å². The first kappa shape index (κ1) is 30.2. The summed E-state index contributed by atoms with van der Waals surface area (Å²) in [5.41, 5.74) is 7.95. The first-order chi connectivity index (χ1) is 21.2. The average Bonchev–Trinajstić information content (AvgIpc) is 3.43. The number of hydrogen-bond donors (Lipinski definition) is 3. The van der Waals surface area contributed by atoms with Crippen LogP contribution in [0.15, 0.2) is 61.2 Å². The minimum Gasteiger partial charge on any atom is -0.492 e. The number of aromatic nitrogens is 4. The van der Waals surface area contributed by atoms with Gasteiger partial charge in [-0.2, -0.15) is 10.4 Å². The number of nitrogens with two attached hydrogens (primary N) is 1. The second kappa shape index (κ2) is 13.0. The fraction of sp³-hybridized carbons (Fsp3) is 0.355. The highest BCUT2D eigenvalue weighted by Gasteiger charge is 2.40. The van der Waals surface area contributed by atoms with Gasteiger partial charge >= 0.3 is 6.09 Å². The average molecular weight is 599 g/mol. The Hall–Kier alpha value is -5.22. The maximum Gasteiger partial charge on any atom is 0.405 e. The van der Waals surface area contributed by atoms with Gasteiger partial charge in [-0.1, -0.05) is 6.07 Å². The lowest BCUT2D eigenvalue weighted by molar-refractivity contribution is -0.136. The van der Waals surface area contributed by atoms with Gasteiger partial charge in [0.25, 0.3) is 5.91 Å². The predicted octanol–water partition coefficient (Wildman–Crippen LogP) is 2.60. The Kier molecular flexibility index (Phi) is 8.91. The molecule has 2 amide bonds. The van der Waals surface area contributed by atoms with Gasteiger partial charge in [-0.3, -0.25) is 9.78 Å². The van der Waals surface area contributed by atoms with E-state index in [-0.39, 0.29) is 0 Å². The Bertz CT molecular complexity index is 1660. The van der Waals surface area contributed by atoms with E-state index in [1.807, 2.05) is 43.3 Å². The van der Waals surface area contributed by atoms with Crippen LogP contribution in [-0.4, -0.2) is 74.1 Å². The summed E-state index contributed by atoms with van der Waals surface area (Å²) in [5, 5.41) is 27.1. The molecule has 1 fully saturated rings. The lowest BCUT2D eigenvalue weighted by Crippen LogP contribution is -2.60. The van der Waals surface area contributed by atoms with Gasteiger partial charge in [0.15, 0.2) is 0 Å². The lowest BCUT2D eigenvalue weighted by atomic mass is 9.82. The summed E-state index contributed by atoms with van der Waals surface area (Å²) in [4.78, 5) is 35.9. The molecule has 4 N–H and O–H groups in total. The molecule has 4 aromatic heterocycles. The SMILES string of the molecule is CCOc1cc(-c2ccc(N3CCC(Cc4ccccn4)(NC(=O)C(OC(N)=O)C(C)O)CC3)nc2)c2c(C#N)cnn2c1. The third-order valence-corrected chi connectivity index (χ3v) is 7.70. The molecule has 0 aromatic carbocycles. The molecule has 4 aromatic rings. The zero-order valence-corrected chi connectivity index (χ0v) is 24.5. The quantitative estimate of drug-likeness (QED) is 0.245. The van der Waals surface area contributed by atoms with Crippen molar-refractivity contribution in [2.75, 3.05) is 24.6 Å². The summed E-state index contributed by atoms with van der Waals surface area (Å²) in [7, 11) is 0. The topological polar surface area (TPSA) is 181 Å². The van der Waals surface area contributed by atoms with Gasteiger partial charge < -0.3 is 30.5 Å². The Morgan fingerprint density at radius 2 is 2.00 bits per heavy atom. The van der Waals surface area contributed by atoms with E-state index < -0.39 is 29.7 Å². The number of pyridine rings is 3. The van der Waals surface area contributed by atoms with Crippen LogP contribution in [-0.2, 0) is 16.0 Å². The number of fused-ring (bicyclic) bond motifs is 1. The number of primary amides is 1. The monoisotopic (exact) mass is 598 g/mol. The van der Waals surface area contributed by atoms with Crippen molar-refractivity contribution in [1.29, 1.82) is 5.26 Å². The number of aliphatic hydroxyl groups excluding tert-OH is 1. The molecule has 1 aliphatic rings. The minimum absolute atomic E-state index is 0.446.